The molecule has 0 atom stereocenters. The van der Waals surface area contributed by atoms with E-state index in [1.54, 1.807) is 30.8 Å². The smallest absolute Gasteiger partial charge is 0.290 e. The van der Waals surface area contributed by atoms with Crippen molar-refractivity contribution in [3.8, 4) is 22.9 Å². The van der Waals surface area contributed by atoms with Crippen molar-refractivity contribution in [3.63, 3.8) is 0 Å². The molecule has 1 aromatic carbocycles. The average Bonchev–Trinajstić information content (AvgIpc) is 3.82. The molecule has 4 aromatic heterocycles. The highest BCUT2D eigenvalue weighted by molar-refractivity contribution is 7.15. The van der Waals surface area contributed by atoms with Crippen molar-refractivity contribution in [1.29, 1.82) is 0 Å². The summed E-state index contributed by atoms with van der Waals surface area (Å²) < 4.78 is 15.8. The molecule has 5 aromatic rings. The van der Waals surface area contributed by atoms with E-state index in [0.717, 1.165) is 40.6 Å². The third-order valence-corrected chi connectivity index (χ3v) is 8.73. The van der Waals surface area contributed by atoms with Gasteiger partial charge in [0, 0.05) is 80.3 Å². The van der Waals surface area contributed by atoms with Gasteiger partial charge in [0.2, 0.25) is 5.91 Å². The number of imidazole rings is 2. The van der Waals surface area contributed by atoms with Crippen LogP contribution in [-0.4, -0.2) is 97.0 Å². The van der Waals surface area contributed by atoms with Gasteiger partial charge in [0.1, 0.15) is 5.82 Å². The molecule has 0 saturated heterocycles. The number of hydrogen-bond acceptors (Lipinski definition) is 9. The standard InChI is InChI=1S/C33H37N7O4S.CH2O2/c1-24-6-7-26(22-35-24)32(42)39-12-4-3-11-37(30(41)21-27-23-40-17-19-45-33(40)36-27)15-16-38-14-10-34-31(38)25-8-9-28(43-2)29(20-25)44-18-5-13-39;2-1-3/h6-10,14,17,19-20,22-23H,3-5,11-13,15-16,18,21H2,1-2H3;1H,(H,2,3). The second-order valence-corrected chi connectivity index (χ2v) is 12.1. The first-order chi connectivity index (χ1) is 23.4. The van der Waals surface area contributed by atoms with Crippen LogP contribution in [0.5, 0.6) is 11.5 Å². The highest BCUT2D eigenvalue weighted by Crippen LogP contribution is 2.32. The predicted octanol–water partition coefficient (Wildman–Crippen LogP) is 4.45. The van der Waals surface area contributed by atoms with Gasteiger partial charge in [-0.1, -0.05) is 0 Å². The Bertz CT molecular complexity index is 1790. The number of pyridine rings is 1. The van der Waals surface area contributed by atoms with E-state index in [2.05, 4.69) is 19.5 Å². The van der Waals surface area contributed by atoms with Crippen LogP contribution in [0.4, 0.5) is 0 Å². The molecular weight excluding hydrogens is 634 g/mol. The van der Waals surface area contributed by atoms with Crippen LogP contribution in [-0.2, 0) is 22.6 Å². The molecule has 1 aliphatic rings. The molecule has 14 heteroatoms. The van der Waals surface area contributed by atoms with Gasteiger partial charge >= 0.3 is 0 Å². The maximum absolute atomic E-state index is 13.7. The van der Waals surface area contributed by atoms with E-state index in [1.165, 1.54) is 0 Å². The summed E-state index contributed by atoms with van der Waals surface area (Å²) in [7, 11) is 1.62. The number of methoxy groups -OCH3 is 1. The second-order valence-electron chi connectivity index (χ2n) is 11.2. The minimum absolute atomic E-state index is 0.0270. The monoisotopic (exact) mass is 673 g/mol. The van der Waals surface area contributed by atoms with E-state index in [4.69, 9.17) is 19.4 Å². The molecule has 2 amide bonds. The Hall–Kier alpha value is -5.24. The molecule has 48 heavy (non-hydrogen) atoms. The topological polar surface area (TPSA) is 144 Å². The number of fused-ring (bicyclic) bond motifs is 5. The number of aromatic nitrogens is 5. The van der Waals surface area contributed by atoms with Crippen molar-refractivity contribution < 1.29 is 29.0 Å². The van der Waals surface area contributed by atoms with E-state index in [-0.39, 0.29) is 24.7 Å². The molecular formula is C34H39N7O6S. The lowest BCUT2D eigenvalue weighted by Gasteiger charge is -2.25. The minimum atomic E-state index is -0.250. The van der Waals surface area contributed by atoms with Gasteiger partial charge in [-0.05, 0) is 56.5 Å². The molecule has 252 valence electrons. The highest BCUT2D eigenvalue weighted by atomic mass is 32.1. The Balaban J connectivity index is 0.00000145. The number of carbonyl (C=O) groups is 3. The van der Waals surface area contributed by atoms with Crippen LogP contribution < -0.4 is 9.47 Å². The molecule has 0 aliphatic carbocycles. The van der Waals surface area contributed by atoms with Crippen LogP contribution in [0, 0.1) is 6.92 Å². The number of rotatable bonds is 4. The number of aryl methyl sites for hydroxylation is 1. The molecule has 5 heterocycles. The zero-order valence-electron chi connectivity index (χ0n) is 27.0. The minimum Gasteiger partial charge on any atom is -0.493 e. The zero-order valence-corrected chi connectivity index (χ0v) is 27.8. The van der Waals surface area contributed by atoms with Gasteiger partial charge in [-0.2, -0.15) is 0 Å². The first-order valence-electron chi connectivity index (χ1n) is 15.7. The number of ether oxygens (including phenoxy) is 2. The van der Waals surface area contributed by atoms with Gasteiger partial charge < -0.3 is 28.9 Å². The van der Waals surface area contributed by atoms with E-state index >= 15 is 0 Å². The number of amides is 2. The third-order valence-electron chi connectivity index (χ3n) is 7.96. The Morgan fingerprint density at radius 2 is 1.81 bits per heavy atom. The fraction of sp³-hybridized carbons (Fsp3) is 0.353. The number of hydrogen-bond donors (Lipinski definition) is 1. The molecule has 13 nitrogen and oxygen atoms in total. The normalized spacial score (nSPS) is 14.2. The molecule has 0 saturated carbocycles. The summed E-state index contributed by atoms with van der Waals surface area (Å²) in [5, 5.41) is 8.87. The summed E-state index contributed by atoms with van der Waals surface area (Å²) in [4.78, 5) is 53.8. The summed E-state index contributed by atoms with van der Waals surface area (Å²) in [5.74, 6) is 2.00. The van der Waals surface area contributed by atoms with Crippen LogP contribution in [0.25, 0.3) is 16.3 Å². The molecule has 1 aliphatic heterocycles. The molecule has 0 unspecified atom stereocenters. The maximum Gasteiger partial charge on any atom is 0.290 e. The molecule has 0 spiro atoms. The van der Waals surface area contributed by atoms with Crippen molar-refractivity contribution in [3.05, 3.63) is 83.6 Å². The molecule has 1 N–H and O–H groups in total. The number of benzene rings is 1. The van der Waals surface area contributed by atoms with Crippen LogP contribution in [0.15, 0.2) is 66.7 Å². The van der Waals surface area contributed by atoms with E-state index in [0.29, 0.717) is 62.8 Å². The summed E-state index contributed by atoms with van der Waals surface area (Å²) in [6.45, 7) is 4.83. The van der Waals surface area contributed by atoms with E-state index in [1.807, 2.05) is 75.4 Å². The predicted molar refractivity (Wildman–Crippen MR) is 180 cm³/mol. The van der Waals surface area contributed by atoms with E-state index < -0.39 is 0 Å². The fourth-order valence-corrected chi connectivity index (χ4v) is 6.25. The summed E-state index contributed by atoms with van der Waals surface area (Å²) >= 11 is 1.55. The summed E-state index contributed by atoms with van der Waals surface area (Å²) in [5.41, 5.74) is 3.07. The van der Waals surface area contributed by atoms with Crippen LogP contribution in [0.3, 0.4) is 0 Å². The van der Waals surface area contributed by atoms with Gasteiger partial charge in [0.05, 0.1) is 31.4 Å². The lowest BCUT2D eigenvalue weighted by molar-refractivity contribution is -0.130. The van der Waals surface area contributed by atoms with Gasteiger partial charge in [-0.15, -0.1) is 11.3 Å². The highest BCUT2D eigenvalue weighted by Gasteiger charge is 2.20. The largest absolute Gasteiger partial charge is 0.493 e. The Kier molecular flexibility index (Phi) is 11.8. The number of nitrogens with zero attached hydrogens (tertiary/aromatic N) is 7. The molecule has 0 radical (unpaired) electrons. The Morgan fingerprint density at radius 3 is 2.56 bits per heavy atom. The van der Waals surface area contributed by atoms with Gasteiger partial charge in [-0.25, -0.2) is 9.97 Å². The molecule has 0 fully saturated rings. The molecule has 2 bridgehead atoms. The summed E-state index contributed by atoms with van der Waals surface area (Å²) in [6, 6.07) is 9.45. The maximum atomic E-state index is 13.7. The quantitative estimate of drug-likeness (QED) is 0.274. The Morgan fingerprint density at radius 1 is 1.02 bits per heavy atom. The second kappa shape index (κ2) is 16.5. The molecule has 6 rings (SSSR count). The number of carbonyl (C=O) groups excluding carboxylic acids is 2. The number of thiazole rings is 1. The van der Waals surface area contributed by atoms with Crippen molar-refractivity contribution in [2.75, 3.05) is 39.9 Å². The van der Waals surface area contributed by atoms with Crippen LogP contribution >= 0.6 is 11.3 Å². The van der Waals surface area contributed by atoms with Gasteiger partial charge in [0.15, 0.2) is 16.5 Å². The fourth-order valence-electron chi connectivity index (χ4n) is 5.53. The third kappa shape index (κ3) is 8.56. The summed E-state index contributed by atoms with van der Waals surface area (Å²) in [6.07, 6.45) is 11.6. The Labute approximate surface area is 282 Å². The van der Waals surface area contributed by atoms with Gasteiger partial charge in [0.25, 0.3) is 12.4 Å². The van der Waals surface area contributed by atoms with Crippen molar-refractivity contribution in [1.82, 2.24) is 33.7 Å². The lowest BCUT2D eigenvalue weighted by atomic mass is 10.2. The first-order valence-corrected chi connectivity index (χ1v) is 16.6. The SMILES string of the molecule is COc1ccc2cc1OCCCN(C(=O)c1ccc(C)nc1)CCCCN(C(=O)Cc1cn3ccsc3n1)CCn1ccnc1-2.O=CO. The van der Waals surface area contributed by atoms with Crippen molar-refractivity contribution >= 4 is 34.6 Å². The van der Waals surface area contributed by atoms with Crippen LogP contribution in [0.2, 0.25) is 0 Å². The average molecular weight is 674 g/mol. The first kappa shape index (κ1) is 34.1. The van der Waals surface area contributed by atoms with Gasteiger partial charge in [-0.3, -0.25) is 23.8 Å². The lowest BCUT2D eigenvalue weighted by Crippen LogP contribution is -2.37. The van der Waals surface area contributed by atoms with Crippen molar-refractivity contribution in [2.45, 2.75) is 39.2 Å². The van der Waals surface area contributed by atoms with Crippen LogP contribution in [0.1, 0.15) is 41.0 Å². The van der Waals surface area contributed by atoms with E-state index in [9.17, 15) is 9.59 Å². The number of carboxylic acid groups (broad SMARTS) is 1. The van der Waals surface area contributed by atoms with Crippen molar-refractivity contribution in [2.24, 2.45) is 0 Å². The zero-order chi connectivity index (χ0) is 33.9.